The number of hydrogen-bond acceptors (Lipinski definition) is 5. The average molecular weight is 428 g/mol. The largest absolute Gasteiger partial charge is 0.507 e. The minimum Gasteiger partial charge on any atom is -0.507 e. The molecule has 0 amide bonds. The number of aliphatic hydroxyl groups excluding tert-OH is 1. The Morgan fingerprint density at radius 2 is 1.93 bits per heavy atom. The number of allylic oxidation sites excluding steroid dienone is 1. The number of likely N-dealkylation sites (tertiary alicyclic amines) is 1. The van der Waals surface area contributed by atoms with Crippen molar-refractivity contribution >= 4 is 23.5 Å². The first-order valence-corrected chi connectivity index (χ1v) is 10.3. The Labute approximate surface area is 181 Å². The van der Waals surface area contributed by atoms with E-state index in [0.29, 0.717) is 23.9 Å². The normalized spacial score (nSPS) is 15.4. The molecule has 1 aliphatic heterocycles. The number of ether oxygens (including phenoxy) is 1. The molecular formula is C24H26ClNO4. The number of phenols is 1. The SMILES string of the molecule is C=CCOc1cc(O)c(C(=O)/C=C/c2ccc(Cl)cc2)cc1CN1CCC(O)CC1. The van der Waals surface area contributed by atoms with Gasteiger partial charge >= 0.3 is 0 Å². The summed E-state index contributed by atoms with van der Waals surface area (Å²) in [4.78, 5) is 14.9. The number of halogens is 1. The minimum absolute atomic E-state index is 0.127. The summed E-state index contributed by atoms with van der Waals surface area (Å²) in [6.45, 7) is 6.06. The third-order valence-electron chi connectivity index (χ3n) is 5.05. The summed E-state index contributed by atoms with van der Waals surface area (Å²) in [7, 11) is 0. The van der Waals surface area contributed by atoms with E-state index in [1.165, 1.54) is 12.1 Å². The molecule has 0 spiro atoms. The van der Waals surface area contributed by atoms with Crippen LogP contribution in [0.4, 0.5) is 0 Å². The molecule has 2 aromatic carbocycles. The van der Waals surface area contributed by atoms with Crippen molar-refractivity contribution in [3.8, 4) is 11.5 Å². The van der Waals surface area contributed by atoms with E-state index in [-0.39, 0.29) is 23.2 Å². The first-order valence-electron chi connectivity index (χ1n) is 9.94. The highest BCUT2D eigenvalue weighted by Crippen LogP contribution is 2.31. The van der Waals surface area contributed by atoms with E-state index in [9.17, 15) is 15.0 Å². The lowest BCUT2D eigenvalue weighted by Crippen LogP contribution is -2.35. The first-order chi connectivity index (χ1) is 14.5. The zero-order chi connectivity index (χ0) is 21.5. The van der Waals surface area contributed by atoms with Gasteiger partial charge < -0.3 is 14.9 Å². The van der Waals surface area contributed by atoms with Crippen molar-refractivity contribution < 1.29 is 19.7 Å². The van der Waals surface area contributed by atoms with Gasteiger partial charge in [0.2, 0.25) is 0 Å². The molecule has 1 fully saturated rings. The van der Waals surface area contributed by atoms with Gasteiger partial charge in [0.25, 0.3) is 0 Å². The van der Waals surface area contributed by atoms with Crippen LogP contribution in [-0.4, -0.2) is 46.7 Å². The van der Waals surface area contributed by atoms with E-state index < -0.39 is 0 Å². The number of carbonyl (C=O) groups is 1. The van der Waals surface area contributed by atoms with E-state index in [0.717, 1.165) is 37.1 Å². The van der Waals surface area contributed by atoms with E-state index >= 15 is 0 Å². The summed E-state index contributed by atoms with van der Waals surface area (Å²) in [5.41, 5.74) is 1.87. The number of nitrogens with zero attached hydrogens (tertiary/aromatic N) is 1. The summed E-state index contributed by atoms with van der Waals surface area (Å²) < 4.78 is 5.71. The number of ketones is 1. The quantitative estimate of drug-likeness (QED) is 0.369. The fourth-order valence-electron chi connectivity index (χ4n) is 3.37. The summed E-state index contributed by atoms with van der Waals surface area (Å²) in [6.07, 6.45) is 5.93. The summed E-state index contributed by atoms with van der Waals surface area (Å²) in [5.74, 6) is 0.0995. The molecule has 0 bridgehead atoms. The van der Waals surface area contributed by atoms with Crippen molar-refractivity contribution in [3.63, 3.8) is 0 Å². The van der Waals surface area contributed by atoms with Gasteiger partial charge in [0.05, 0.1) is 11.7 Å². The number of piperidine rings is 1. The molecule has 0 aromatic heterocycles. The molecule has 1 heterocycles. The lowest BCUT2D eigenvalue weighted by Gasteiger charge is -2.30. The minimum atomic E-state index is -0.298. The third kappa shape index (κ3) is 5.95. The molecular weight excluding hydrogens is 402 g/mol. The number of phenolic OH excluding ortho intramolecular Hbond substituents is 1. The number of benzene rings is 2. The van der Waals surface area contributed by atoms with Crippen LogP contribution in [0.5, 0.6) is 11.5 Å². The molecule has 0 radical (unpaired) electrons. The number of aromatic hydroxyl groups is 1. The van der Waals surface area contributed by atoms with Gasteiger partial charge in [-0.1, -0.05) is 42.5 Å². The highest BCUT2D eigenvalue weighted by Gasteiger charge is 2.20. The van der Waals surface area contributed by atoms with Crippen LogP contribution in [0.1, 0.15) is 34.3 Å². The Hall–Kier alpha value is -2.60. The standard InChI is InChI=1S/C24H26ClNO4/c1-2-13-30-24-15-23(29)21(14-18(24)16-26-11-9-20(27)10-12-26)22(28)8-5-17-3-6-19(25)7-4-17/h2-8,14-15,20,27,29H,1,9-13,16H2/b8-5+. The molecule has 3 rings (SSSR count). The van der Waals surface area contributed by atoms with Gasteiger partial charge in [-0.2, -0.15) is 0 Å². The molecule has 158 valence electrons. The van der Waals surface area contributed by atoms with Gasteiger partial charge in [0, 0.05) is 36.3 Å². The van der Waals surface area contributed by atoms with Crippen molar-refractivity contribution in [2.75, 3.05) is 19.7 Å². The fourth-order valence-corrected chi connectivity index (χ4v) is 3.50. The average Bonchev–Trinajstić information content (AvgIpc) is 2.74. The monoisotopic (exact) mass is 427 g/mol. The molecule has 30 heavy (non-hydrogen) atoms. The van der Waals surface area contributed by atoms with Crippen molar-refractivity contribution in [1.82, 2.24) is 4.90 Å². The molecule has 0 saturated carbocycles. The van der Waals surface area contributed by atoms with Gasteiger partial charge in [-0.3, -0.25) is 9.69 Å². The van der Waals surface area contributed by atoms with E-state index in [2.05, 4.69) is 11.5 Å². The van der Waals surface area contributed by atoms with Crippen LogP contribution in [0, 0.1) is 0 Å². The summed E-state index contributed by atoms with van der Waals surface area (Å²) >= 11 is 5.89. The molecule has 0 unspecified atom stereocenters. The Morgan fingerprint density at radius 3 is 2.60 bits per heavy atom. The van der Waals surface area contributed by atoms with Crippen LogP contribution in [-0.2, 0) is 6.54 Å². The number of aliphatic hydroxyl groups is 1. The number of hydrogen-bond donors (Lipinski definition) is 2. The van der Waals surface area contributed by atoms with E-state index in [1.54, 1.807) is 30.4 Å². The second-order valence-corrected chi connectivity index (χ2v) is 7.77. The lowest BCUT2D eigenvalue weighted by molar-refractivity contribution is 0.0788. The van der Waals surface area contributed by atoms with Crippen LogP contribution in [0.3, 0.4) is 0 Å². The van der Waals surface area contributed by atoms with Crippen molar-refractivity contribution in [2.24, 2.45) is 0 Å². The Balaban J connectivity index is 1.83. The van der Waals surface area contributed by atoms with Crippen LogP contribution in [0.15, 0.2) is 55.1 Å². The second-order valence-electron chi connectivity index (χ2n) is 7.33. The zero-order valence-electron chi connectivity index (χ0n) is 16.8. The topological polar surface area (TPSA) is 70.0 Å². The fraction of sp³-hybridized carbons (Fsp3) is 0.292. The summed E-state index contributed by atoms with van der Waals surface area (Å²) in [5, 5.41) is 20.8. The molecule has 5 nitrogen and oxygen atoms in total. The van der Waals surface area contributed by atoms with Crippen LogP contribution in [0.25, 0.3) is 6.08 Å². The Morgan fingerprint density at radius 1 is 1.23 bits per heavy atom. The first kappa shape index (κ1) is 22.1. The molecule has 1 aliphatic rings. The Kier molecular flexibility index (Phi) is 7.69. The predicted octanol–water partition coefficient (Wildman–Crippen LogP) is 4.46. The maximum absolute atomic E-state index is 12.7. The maximum atomic E-state index is 12.7. The second kappa shape index (κ2) is 10.4. The van der Waals surface area contributed by atoms with E-state index in [1.807, 2.05) is 12.1 Å². The molecule has 2 N–H and O–H groups in total. The molecule has 6 heteroatoms. The summed E-state index contributed by atoms with van der Waals surface area (Å²) in [6, 6.07) is 10.3. The van der Waals surface area contributed by atoms with Gasteiger partial charge in [0.1, 0.15) is 18.1 Å². The molecule has 2 aromatic rings. The van der Waals surface area contributed by atoms with Gasteiger partial charge in [-0.15, -0.1) is 0 Å². The van der Waals surface area contributed by atoms with Crippen LogP contribution < -0.4 is 4.74 Å². The molecule has 1 saturated heterocycles. The maximum Gasteiger partial charge on any atom is 0.189 e. The van der Waals surface area contributed by atoms with Crippen LogP contribution >= 0.6 is 11.6 Å². The number of rotatable bonds is 8. The lowest BCUT2D eigenvalue weighted by atomic mass is 10.0. The van der Waals surface area contributed by atoms with E-state index in [4.69, 9.17) is 16.3 Å². The van der Waals surface area contributed by atoms with Crippen molar-refractivity contribution in [2.45, 2.75) is 25.5 Å². The molecule has 0 atom stereocenters. The van der Waals surface area contributed by atoms with Gasteiger partial charge in [-0.25, -0.2) is 0 Å². The predicted molar refractivity (Wildman–Crippen MR) is 119 cm³/mol. The van der Waals surface area contributed by atoms with Crippen molar-refractivity contribution in [1.29, 1.82) is 0 Å². The highest BCUT2D eigenvalue weighted by atomic mass is 35.5. The molecule has 0 aliphatic carbocycles. The zero-order valence-corrected chi connectivity index (χ0v) is 17.5. The van der Waals surface area contributed by atoms with Gasteiger partial charge in [-0.05, 0) is 42.7 Å². The highest BCUT2D eigenvalue weighted by molar-refractivity contribution is 6.30. The van der Waals surface area contributed by atoms with Crippen molar-refractivity contribution in [3.05, 3.63) is 76.8 Å². The number of carbonyl (C=O) groups excluding carboxylic acids is 1. The van der Waals surface area contributed by atoms with Gasteiger partial charge in [0.15, 0.2) is 5.78 Å². The smallest absolute Gasteiger partial charge is 0.189 e. The third-order valence-corrected chi connectivity index (χ3v) is 5.30. The Bertz CT molecular complexity index is 916. The van der Waals surface area contributed by atoms with Crippen LogP contribution in [0.2, 0.25) is 5.02 Å².